The Balaban J connectivity index is 1.42. The van der Waals surface area contributed by atoms with Crippen LogP contribution in [0.4, 0.5) is 27.5 Å². The topological polar surface area (TPSA) is 129 Å². The lowest BCUT2D eigenvalue weighted by molar-refractivity contribution is -0.117. The number of pyridine rings is 1. The summed E-state index contributed by atoms with van der Waals surface area (Å²) in [5.41, 5.74) is 1.77. The van der Waals surface area contributed by atoms with Crippen molar-refractivity contribution in [3.63, 3.8) is 0 Å². The predicted octanol–water partition coefficient (Wildman–Crippen LogP) is 1.13. The van der Waals surface area contributed by atoms with Gasteiger partial charge in [-0.25, -0.2) is 8.91 Å². The standard InChI is InChI=1S/C19H20FN9O2/c1-21-18(31)16-13(6-14(25-26-16)23-17(30)10-2-3-10)22-19-24-15-5-4-12(9-29(15)27-19)28-7-11(20)8-28/h4-6,9-11H,2-3,7-8H2,1H3,(H,21,31)(H2,22,23,25,27,30). The lowest BCUT2D eigenvalue weighted by Gasteiger charge is -2.36. The first-order valence-corrected chi connectivity index (χ1v) is 9.93. The van der Waals surface area contributed by atoms with Gasteiger partial charge in [0.25, 0.3) is 5.91 Å². The molecular formula is C19H20FN9O2. The Labute approximate surface area is 176 Å². The highest BCUT2D eigenvalue weighted by molar-refractivity contribution is 5.99. The van der Waals surface area contributed by atoms with Gasteiger partial charge in [-0.1, -0.05) is 0 Å². The first-order valence-electron chi connectivity index (χ1n) is 9.93. The van der Waals surface area contributed by atoms with Crippen molar-refractivity contribution in [1.82, 2.24) is 30.1 Å². The number of nitrogens with one attached hydrogen (secondary N) is 3. The average molecular weight is 425 g/mol. The number of hydrogen-bond donors (Lipinski definition) is 3. The van der Waals surface area contributed by atoms with Crippen molar-refractivity contribution < 1.29 is 14.0 Å². The lowest BCUT2D eigenvalue weighted by Crippen LogP contribution is -2.48. The largest absolute Gasteiger partial charge is 0.364 e. The SMILES string of the molecule is CNC(=O)c1nnc(NC(=O)C2CC2)cc1Nc1nc2ccc(N3CC(F)C3)cn2n1. The van der Waals surface area contributed by atoms with E-state index < -0.39 is 12.1 Å². The van der Waals surface area contributed by atoms with E-state index in [1.54, 1.807) is 16.8 Å². The van der Waals surface area contributed by atoms with E-state index in [9.17, 15) is 14.0 Å². The Morgan fingerprint density at radius 2 is 2.00 bits per heavy atom. The Hall–Kier alpha value is -3.83. The van der Waals surface area contributed by atoms with Crippen LogP contribution in [0.3, 0.4) is 0 Å². The van der Waals surface area contributed by atoms with Crippen LogP contribution in [-0.2, 0) is 4.79 Å². The monoisotopic (exact) mass is 425 g/mol. The molecule has 1 saturated heterocycles. The van der Waals surface area contributed by atoms with E-state index >= 15 is 0 Å². The van der Waals surface area contributed by atoms with Gasteiger partial charge in [-0.3, -0.25) is 9.59 Å². The van der Waals surface area contributed by atoms with E-state index in [1.807, 2.05) is 11.0 Å². The molecule has 3 aromatic rings. The van der Waals surface area contributed by atoms with E-state index in [-0.39, 0.29) is 29.3 Å². The fraction of sp³-hybridized carbons (Fsp3) is 0.368. The molecule has 0 aromatic carbocycles. The van der Waals surface area contributed by atoms with Crippen molar-refractivity contribution in [2.75, 3.05) is 35.7 Å². The molecule has 0 atom stereocenters. The minimum absolute atomic E-state index is 0.00482. The van der Waals surface area contributed by atoms with Gasteiger partial charge in [-0.05, 0) is 25.0 Å². The fourth-order valence-corrected chi connectivity index (χ4v) is 3.28. The molecule has 5 rings (SSSR count). The van der Waals surface area contributed by atoms with E-state index in [0.717, 1.165) is 18.5 Å². The number of rotatable bonds is 6. The number of alkyl halides is 1. The second-order valence-electron chi connectivity index (χ2n) is 7.59. The number of fused-ring (bicyclic) bond motifs is 1. The second-order valence-corrected chi connectivity index (χ2v) is 7.59. The Morgan fingerprint density at radius 3 is 2.71 bits per heavy atom. The quantitative estimate of drug-likeness (QED) is 0.536. The lowest BCUT2D eigenvalue weighted by atomic mass is 10.2. The summed E-state index contributed by atoms with van der Waals surface area (Å²) in [7, 11) is 1.49. The molecule has 4 heterocycles. The highest BCUT2D eigenvalue weighted by Gasteiger charge is 2.30. The molecule has 2 amide bonds. The van der Waals surface area contributed by atoms with Gasteiger partial charge in [0, 0.05) is 19.0 Å². The molecule has 3 N–H and O–H groups in total. The maximum Gasteiger partial charge on any atom is 0.273 e. The maximum atomic E-state index is 13.1. The smallest absolute Gasteiger partial charge is 0.273 e. The highest BCUT2D eigenvalue weighted by Crippen LogP contribution is 2.30. The summed E-state index contributed by atoms with van der Waals surface area (Å²) in [4.78, 5) is 30.6. The highest BCUT2D eigenvalue weighted by atomic mass is 19.1. The summed E-state index contributed by atoms with van der Waals surface area (Å²) in [5.74, 6) is -0.0869. The summed E-state index contributed by atoms with van der Waals surface area (Å²) in [6, 6.07) is 5.16. The molecule has 1 aliphatic heterocycles. The van der Waals surface area contributed by atoms with Crippen LogP contribution in [0.2, 0.25) is 0 Å². The Kier molecular flexibility index (Phi) is 4.60. The van der Waals surface area contributed by atoms with Gasteiger partial charge in [0.2, 0.25) is 11.9 Å². The van der Waals surface area contributed by atoms with Gasteiger partial charge in [0.15, 0.2) is 17.2 Å². The molecule has 160 valence electrons. The number of hydrogen-bond acceptors (Lipinski definition) is 8. The number of anilines is 4. The van der Waals surface area contributed by atoms with Crippen LogP contribution >= 0.6 is 0 Å². The zero-order chi connectivity index (χ0) is 21.5. The van der Waals surface area contributed by atoms with Crippen molar-refractivity contribution in [3.8, 4) is 0 Å². The van der Waals surface area contributed by atoms with Crippen molar-refractivity contribution in [1.29, 1.82) is 0 Å². The molecule has 12 heteroatoms. The molecule has 3 aromatic heterocycles. The number of carbonyl (C=O) groups is 2. The van der Waals surface area contributed by atoms with Crippen LogP contribution in [0.25, 0.3) is 5.65 Å². The van der Waals surface area contributed by atoms with Gasteiger partial charge in [-0.15, -0.1) is 15.3 Å². The number of halogens is 1. The third-order valence-corrected chi connectivity index (χ3v) is 5.20. The number of nitrogens with zero attached hydrogens (tertiary/aromatic N) is 6. The molecule has 1 saturated carbocycles. The first kappa shape index (κ1) is 19.2. The summed E-state index contributed by atoms with van der Waals surface area (Å²) in [5, 5.41) is 20.5. The third kappa shape index (κ3) is 3.83. The van der Waals surface area contributed by atoms with Crippen molar-refractivity contribution in [3.05, 3.63) is 30.1 Å². The van der Waals surface area contributed by atoms with Crippen LogP contribution < -0.4 is 20.9 Å². The van der Waals surface area contributed by atoms with Crippen LogP contribution in [0, 0.1) is 5.92 Å². The summed E-state index contributed by atoms with van der Waals surface area (Å²) >= 11 is 0. The number of aromatic nitrogens is 5. The molecule has 11 nitrogen and oxygen atoms in total. The second kappa shape index (κ2) is 7.45. The number of carbonyl (C=O) groups excluding carboxylic acids is 2. The van der Waals surface area contributed by atoms with Crippen molar-refractivity contribution in [2.24, 2.45) is 5.92 Å². The minimum Gasteiger partial charge on any atom is -0.364 e. The molecule has 2 fully saturated rings. The van der Waals surface area contributed by atoms with E-state index in [4.69, 9.17) is 0 Å². The summed E-state index contributed by atoms with van der Waals surface area (Å²) in [6.45, 7) is 0.720. The molecule has 0 unspecified atom stereocenters. The van der Waals surface area contributed by atoms with Gasteiger partial charge >= 0.3 is 0 Å². The predicted molar refractivity (Wildman–Crippen MR) is 110 cm³/mol. The van der Waals surface area contributed by atoms with E-state index in [0.29, 0.717) is 24.4 Å². The summed E-state index contributed by atoms with van der Waals surface area (Å²) in [6.07, 6.45) is 2.68. The molecular weight excluding hydrogens is 405 g/mol. The number of amides is 2. The van der Waals surface area contributed by atoms with Crippen molar-refractivity contribution in [2.45, 2.75) is 19.0 Å². The zero-order valence-corrected chi connectivity index (χ0v) is 16.7. The summed E-state index contributed by atoms with van der Waals surface area (Å²) < 4.78 is 14.7. The molecule has 0 spiro atoms. The van der Waals surface area contributed by atoms with E-state index in [1.165, 1.54) is 13.1 Å². The van der Waals surface area contributed by atoms with Crippen LogP contribution in [0.15, 0.2) is 24.4 Å². The van der Waals surface area contributed by atoms with Gasteiger partial charge < -0.3 is 20.9 Å². The minimum atomic E-state index is -0.805. The molecule has 0 bridgehead atoms. The van der Waals surface area contributed by atoms with Crippen LogP contribution in [0.1, 0.15) is 23.3 Å². The third-order valence-electron chi connectivity index (χ3n) is 5.20. The molecule has 2 aliphatic rings. The van der Waals surface area contributed by atoms with Crippen LogP contribution in [0.5, 0.6) is 0 Å². The van der Waals surface area contributed by atoms with Gasteiger partial charge in [0.05, 0.1) is 30.7 Å². The van der Waals surface area contributed by atoms with Gasteiger partial charge in [-0.2, -0.15) is 4.98 Å². The average Bonchev–Trinajstić information content (AvgIpc) is 3.51. The van der Waals surface area contributed by atoms with Gasteiger partial charge in [0.1, 0.15) is 6.17 Å². The molecule has 1 aliphatic carbocycles. The molecule has 31 heavy (non-hydrogen) atoms. The van der Waals surface area contributed by atoms with Crippen molar-refractivity contribution >= 4 is 40.6 Å². The normalized spacial score (nSPS) is 16.1. The Morgan fingerprint density at radius 1 is 1.19 bits per heavy atom. The zero-order valence-electron chi connectivity index (χ0n) is 16.7. The molecule has 0 radical (unpaired) electrons. The fourth-order valence-electron chi connectivity index (χ4n) is 3.28. The first-order chi connectivity index (χ1) is 15.0. The Bertz CT molecular complexity index is 1170. The maximum absolute atomic E-state index is 13.1. The van der Waals surface area contributed by atoms with E-state index in [2.05, 4.69) is 36.2 Å². The van der Waals surface area contributed by atoms with Crippen LogP contribution in [-0.4, -0.2) is 62.9 Å².